The molecule has 0 spiro atoms. The number of piperidine rings is 1. The topological polar surface area (TPSA) is 122 Å². The number of nitro benzene ring substituents is 1. The average molecular weight is 315 g/mol. The molecule has 0 aliphatic carbocycles. The highest BCUT2D eigenvalue weighted by molar-refractivity contribution is 7.89. The summed E-state index contributed by atoms with van der Waals surface area (Å²) >= 11 is 0. The van der Waals surface area contributed by atoms with E-state index < -0.39 is 26.4 Å². The smallest absolute Gasteiger partial charge is 0.312 e. The van der Waals surface area contributed by atoms with Crippen molar-refractivity contribution in [1.29, 1.82) is 0 Å². The standard InChI is InChI=1S/C12H17N3O5S/c1-8-10(3-2-6-13-8)14-21(19,20)9-4-5-12(16)11(7-9)15(17)18/h4-5,7-8,10,13-14,16H,2-3,6H2,1H3. The van der Waals surface area contributed by atoms with E-state index in [0.717, 1.165) is 31.2 Å². The first-order valence-electron chi connectivity index (χ1n) is 6.54. The number of hydrogen-bond acceptors (Lipinski definition) is 6. The van der Waals surface area contributed by atoms with E-state index in [-0.39, 0.29) is 17.0 Å². The van der Waals surface area contributed by atoms with Gasteiger partial charge in [0, 0.05) is 18.2 Å². The number of nitrogens with zero attached hydrogens (tertiary/aromatic N) is 1. The van der Waals surface area contributed by atoms with Gasteiger partial charge in [-0.3, -0.25) is 10.1 Å². The summed E-state index contributed by atoms with van der Waals surface area (Å²) in [4.78, 5) is 9.71. The molecule has 0 radical (unpaired) electrons. The number of benzene rings is 1. The Hall–Kier alpha value is -1.71. The van der Waals surface area contributed by atoms with Gasteiger partial charge in [-0.1, -0.05) is 0 Å². The molecule has 1 aliphatic rings. The van der Waals surface area contributed by atoms with Crippen molar-refractivity contribution in [3.05, 3.63) is 28.3 Å². The lowest BCUT2D eigenvalue weighted by atomic mass is 10.0. The highest BCUT2D eigenvalue weighted by Gasteiger charge is 2.28. The van der Waals surface area contributed by atoms with E-state index in [1.54, 1.807) is 0 Å². The van der Waals surface area contributed by atoms with E-state index in [1.165, 1.54) is 0 Å². The maximum atomic E-state index is 12.3. The van der Waals surface area contributed by atoms with E-state index in [9.17, 15) is 23.6 Å². The van der Waals surface area contributed by atoms with Crippen LogP contribution in [0.25, 0.3) is 0 Å². The van der Waals surface area contributed by atoms with Crippen LogP contribution in [0.1, 0.15) is 19.8 Å². The quantitative estimate of drug-likeness (QED) is 0.556. The van der Waals surface area contributed by atoms with Crippen molar-refractivity contribution >= 4 is 15.7 Å². The Morgan fingerprint density at radius 2 is 2.19 bits per heavy atom. The van der Waals surface area contributed by atoms with Crippen LogP contribution in [0.3, 0.4) is 0 Å². The van der Waals surface area contributed by atoms with Gasteiger partial charge in [0.2, 0.25) is 10.0 Å². The van der Waals surface area contributed by atoms with Gasteiger partial charge >= 0.3 is 5.69 Å². The third-order valence-electron chi connectivity index (χ3n) is 3.52. The Morgan fingerprint density at radius 3 is 2.81 bits per heavy atom. The monoisotopic (exact) mass is 315 g/mol. The molecule has 3 N–H and O–H groups in total. The summed E-state index contributed by atoms with van der Waals surface area (Å²) in [5.74, 6) is -0.563. The summed E-state index contributed by atoms with van der Waals surface area (Å²) in [6, 6.07) is 2.73. The molecule has 2 atom stereocenters. The summed E-state index contributed by atoms with van der Waals surface area (Å²) in [6.07, 6.45) is 1.56. The van der Waals surface area contributed by atoms with Crippen LogP contribution in [-0.4, -0.2) is 37.1 Å². The summed E-state index contributed by atoms with van der Waals surface area (Å²) in [5, 5.41) is 23.3. The van der Waals surface area contributed by atoms with Crippen LogP contribution >= 0.6 is 0 Å². The first kappa shape index (κ1) is 15.7. The predicted octanol–water partition coefficient (Wildman–Crippen LogP) is 0.719. The molecule has 2 unspecified atom stereocenters. The molecule has 8 nitrogen and oxygen atoms in total. The number of hydrogen-bond donors (Lipinski definition) is 3. The second-order valence-corrected chi connectivity index (χ2v) is 6.73. The van der Waals surface area contributed by atoms with Crippen LogP contribution < -0.4 is 10.0 Å². The maximum absolute atomic E-state index is 12.3. The second kappa shape index (κ2) is 5.96. The lowest BCUT2D eigenvalue weighted by Gasteiger charge is -2.30. The number of sulfonamides is 1. The third kappa shape index (κ3) is 3.49. The molecule has 1 aromatic carbocycles. The number of phenols is 1. The minimum Gasteiger partial charge on any atom is -0.502 e. The summed E-state index contributed by atoms with van der Waals surface area (Å²) in [6.45, 7) is 2.72. The van der Waals surface area contributed by atoms with E-state index in [1.807, 2.05) is 6.92 Å². The molecule has 2 rings (SSSR count). The Kier molecular flexibility index (Phi) is 4.45. The van der Waals surface area contributed by atoms with Crippen molar-refractivity contribution in [1.82, 2.24) is 10.0 Å². The van der Waals surface area contributed by atoms with Crippen molar-refractivity contribution in [2.45, 2.75) is 36.7 Å². The number of phenolic OH excluding ortho intramolecular Hbond substituents is 1. The van der Waals surface area contributed by atoms with E-state index >= 15 is 0 Å². The number of rotatable bonds is 4. The predicted molar refractivity (Wildman–Crippen MR) is 75.6 cm³/mol. The van der Waals surface area contributed by atoms with Gasteiger partial charge in [-0.2, -0.15) is 0 Å². The van der Waals surface area contributed by atoms with Crippen LogP contribution in [0.15, 0.2) is 23.1 Å². The van der Waals surface area contributed by atoms with Gasteiger partial charge in [-0.05, 0) is 38.4 Å². The molecule has 21 heavy (non-hydrogen) atoms. The lowest BCUT2D eigenvalue weighted by Crippen LogP contribution is -2.51. The van der Waals surface area contributed by atoms with Crippen molar-refractivity contribution in [3.63, 3.8) is 0 Å². The summed E-state index contributed by atoms with van der Waals surface area (Å²) < 4.78 is 27.1. The first-order chi connectivity index (χ1) is 9.81. The zero-order chi connectivity index (χ0) is 15.6. The summed E-state index contributed by atoms with van der Waals surface area (Å²) in [7, 11) is -3.87. The molecular weight excluding hydrogens is 298 g/mol. The van der Waals surface area contributed by atoms with Crippen LogP contribution in [0, 0.1) is 10.1 Å². The fourth-order valence-electron chi connectivity index (χ4n) is 2.29. The number of aromatic hydroxyl groups is 1. The molecule has 1 aliphatic heterocycles. The molecule has 0 aromatic heterocycles. The van der Waals surface area contributed by atoms with Gasteiger partial charge in [0.1, 0.15) is 0 Å². The molecule has 1 saturated heterocycles. The highest BCUT2D eigenvalue weighted by atomic mass is 32.2. The van der Waals surface area contributed by atoms with Gasteiger partial charge in [-0.15, -0.1) is 0 Å². The van der Waals surface area contributed by atoms with Gasteiger partial charge in [0.05, 0.1) is 9.82 Å². The molecule has 0 saturated carbocycles. The van der Waals surface area contributed by atoms with Gasteiger partial charge in [0.15, 0.2) is 5.75 Å². The zero-order valence-electron chi connectivity index (χ0n) is 11.4. The Balaban J connectivity index is 2.27. The molecule has 1 aromatic rings. The molecule has 0 bridgehead atoms. The highest BCUT2D eigenvalue weighted by Crippen LogP contribution is 2.28. The second-order valence-electron chi connectivity index (χ2n) is 5.02. The molecule has 1 heterocycles. The van der Waals surface area contributed by atoms with Gasteiger partial charge < -0.3 is 10.4 Å². The van der Waals surface area contributed by atoms with Crippen molar-refractivity contribution < 1.29 is 18.4 Å². The first-order valence-corrected chi connectivity index (χ1v) is 8.02. The molecular formula is C12H17N3O5S. The SMILES string of the molecule is CC1NCCCC1NS(=O)(=O)c1ccc(O)c([N+](=O)[O-])c1. The minimum atomic E-state index is -3.87. The summed E-state index contributed by atoms with van der Waals surface area (Å²) in [5.41, 5.74) is -0.632. The van der Waals surface area contributed by atoms with Crippen LogP contribution in [0.5, 0.6) is 5.75 Å². The normalized spacial score (nSPS) is 22.9. The van der Waals surface area contributed by atoms with Gasteiger partial charge in [-0.25, -0.2) is 13.1 Å². The number of nitro groups is 1. The Labute approximate surface area is 122 Å². The zero-order valence-corrected chi connectivity index (χ0v) is 12.3. The van der Waals surface area contributed by atoms with Crippen LogP contribution in [0.4, 0.5) is 5.69 Å². The molecule has 9 heteroatoms. The lowest BCUT2D eigenvalue weighted by molar-refractivity contribution is -0.386. The number of nitrogens with one attached hydrogen (secondary N) is 2. The fraction of sp³-hybridized carbons (Fsp3) is 0.500. The molecule has 0 amide bonds. The maximum Gasteiger partial charge on any atom is 0.312 e. The van der Waals surface area contributed by atoms with Crippen molar-refractivity contribution in [3.8, 4) is 5.75 Å². The van der Waals surface area contributed by atoms with E-state index in [0.29, 0.717) is 6.42 Å². The van der Waals surface area contributed by atoms with Crippen molar-refractivity contribution in [2.24, 2.45) is 0 Å². The van der Waals surface area contributed by atoms with Crippen molar-refractivity contribution in [2.75, 3.05) is 6.54 Å². The minimum absolute atomic E-state index is 0.0133. The third-order valence-corrected chi connectivity index (χ3v) is 5.01. The Bertz CT molecular complexity index is 646. The average Bonchev–Trinajstić information content (AvgIpc) is 2.41. The largest absolute Gasteiger partial charge is 0.502 e. The van der Waals surface area contributed by atoms with Crippen LogP contribution in [-0.2, 0) is 10.0 Å². The molecule has 1 fully saturated rings. The van der Waals surface area contributed by atoms with Gasteiger partial charge in [0.25, 0.3) is 0 Å². The molecule has 116 valence electrons. The van der Waals surface area contributed by atoms with E-state index in [2.05, 4.69) is 10.0 Å². The fourth-order valence-corrected chi connectivity index (χ4v) is 3.66. The van der Waals surface area contributed by atoms with E-state index in [4.69, 9.17) is 0 Å². The van der Waals surface area contributed by atoms with Crippen LogP contribution in [0.2, 0.25) is 0 Å². The Morgan fingerprint density at radius 1 is 1.48 bits per heavy atom.